The Morgan fingerprint density at radius 1 is 0.967 bits per heavy atom. The Labute approximate surface area is 187 Å². The first-order chi connectivity index (χ1) is 14.4. The van der Waals surface area contributed by atoms with Gasteiger partial charge in [0.05, 0.1) is 4.90 Å². The van der Waals surface area contributed by atoms with Gasteiger partial charge in [-0.1, -0.05) is 63.9 Å². The highest BCUT2D eigenvalue weighted by atomic mass is 79.9. The number of hydrogen-bond acceptors (Lipinski definition) is 5. The number of halogens is 2. The van der Waals surface area contributed by atoms with Gasteiger partial charge in [0.15, 0.2) is 0 Å². The van der Waals surface area contributed by atoms with Gasteiger partial charge in [0.25, 0.3) is 0 Å². The van der Waals surface area contributed by atoms with E-state index in [4.69, 9.17) is 16.0 Å². The molecule has 4 rings (SSSR count). The zero-order valence-corrected chi connectivity index (χ0v) is 18.7. The van der Waals surface area contributed by atoms with Crippen LogP contribution in [0.4, 0.5) is 5.88 Å². The average Bonchev–Trinajstić information content (AvgIpc) is 3.19. The predicted octanol–water partition coefficient (Wildman–Crippen LogP) is 6.20. The summed E-state index contributed by atoms with van der Waals surface area (Å²) in [6.45, 7) is 0.383. The van der Waals surface area contributed by atoms with Gasteiger partial charge in [-0.3, -0.25) is 0 Å². The quantitative estimate of drug-likeness (QED) is 0.339. The lowest BCUT2D eigenvalue weighted by Gasteiger charge is -2.06. The molecule has 30 heavy (non-hydrogen) atoms. The van der Waals surface area contributed by atoms with Gasteiger partial charge < -0.3 is 9.73 Å². The molecule has 1 N–H and O–H groups in total. The molecule has 0 amide bonds. The lowest BCUT2D eigenvalue weighted by atomic mass is 10.2. The van der Waals surface area contributed by atoms with Crippen LogP contribution in [0.2, 0.25) is 5.02 Å². The maximum absolute atomic E-state index is 13.3. The van der Waals surface area contributed by atoms with E-state index in [0.29, 0.717) is 17.1 Å². The summed E-state index contributed by atoms with van der Waals surface area (Å²) in [6.07, 6.45) is 0. The molecule has 0 bridgehead atoms. The number of sulfone groups is 1. The molecular formula is C22H16BrClN2O3S. The van der Waals surface area contributed by atoms with Crippen LogP contribution in [0.3, 0.4) is 0 Å². The van der Waals surface area contributed by atoms with E-state index in [0.717, 1.165) is 10.0 Å². The van der Waals surface area contributed by atoms with Crippen molar-refractivity contribution in [1.82, 2.24) is 4.98 Å². The lowest BCUT2D eigenvalue weighted by molar-refractivity contribution is 0.576. The van der Waals surface area contributed by atoms with Crippen molar-refractivity contribution in [2.45, 2.75) is 16.5 Å². The van der Waals surface area contributed by atoms with Gasteiger partial charge in [-0.05, 0) is 48.0 Å². The molecule has 1 heterocycles. The van der Waals surface area contributed by atoms with Crippen LogP contribution in [0, 0.1) is 0 Å². The molecule has 0 aliphatic heterocycles. The van der Waals surface area contributed by atoms with Gasteiger partial charge in [-0.2, -0.15) is 4.98 Å². The summed E-state index contributed by atoms with van der Waals surface area (Å²) in [5, 5.41) is 3.40. The molecule has 3 aromatic carbocycles. The molecule has 0 aliphatic carbocycles. The number of anilines is 1. The highest BCUT2D eigenvalue weighted by Gasteiger charge is 2.28. The van der Waals surface area contributed by atoms with Crippen molar-refractivity contribution in [1.29, 1.82) is 0 Å². The maximum atomic E-state index is 13.3. The second kappa shape index (κ2) is 8.63. The largest absolute Gasteiger partial charge is 0.419 e. The predicted molar refractivity (Wildman–Crippen MR) is 120 cm³/mol. The van der Waals surface area contributed by atoms with Crippen LogP contribution < -0.4 is 5.32 Å². The minimum Gasteiger partial charge on any atom is -0.419 e. The van der Waals surface area contributed by atoms with Crippen LogP contribution in [0.25, 0.3) is 11.5 Å². The summed E-state index contributed by atoms with van der Waals surface area (Å²) >= 11 is 9.40. The summed E-state index contributed by atoms with van der Waals surface area (Å²) in [5.74, 6) is 0.250. The molecule has 1 aromatic heterocycles. The van der Waals surface area contributed by atoms with Crippen molar-refractivity contribution in [2.24, 2.45) is 0 Å². The van der Waals surface area contributed by atoms with Crippen molar-refractivity contribution in [3.63, 3.8) is 0 Å². The van der Waals surface area contributed by atoms with E-state index in [1.54, 1.807) is 36.4 Å². The maximum Gasteiger partial charge on any atom is 0.234 e. The van der Waals surface area contributed by atoms with Gasteiger partial charge in [-0.15, -0.1) is 0 Å². The Kier molecular flexibility index (Phi) is 5.94. The number of oxazole rings is 1. The van der Waals surface area contributed by atoms with Crippen LogP contribution in [0.1, 0.15) is 5.56 Å². The first-order valence-corrected chi connectivity index (χ1v) is 11.6. The number of nitrogens with one attached hydrogen (secondary N) is 1. The molecule has 0 saturated carbocycles. The Morgan fingerprint density at radius 3 is 2.40 bits per heavy atom. The van der Waals surface area contributed by atoms with E-state index >= 15 is 0 Å². The van der Waals surface area contributed by atoms with Crippen molar-refractivity contribution in [3.05, 3.63) is 93.9 Å². The fourth-order valence-electron chi connectivity index (χ4n) is 2.85. The molecule has 5 nitrogen and oxygen atoms in total. The van der Waals surface area contributed by atoms with Gasteiger partial charge >= 0.3 is 0 Å². The average molecular weight is 504 g/mol. The van der Waals surface area contributed by atoms with Crippen molar-refractivity contribution in [2.75, 3.05) is 5.32 Å². The summed E-state index contributed by atoms with van der Waals surface area (Å²) < 4.78 is 33.2. The van der Waals surface area contributed by atoms with Gasteiger partial charge in [0.2, 0.25) is 26.6 Å². The number of rotatable bonds is 6. The summed E-state index contributed by atoms with van der Waals surface area (Å²) in [7, 11) is -3.91. The minimum atomic E-state index is -3.91. The number of hydrogen-bond donors (Lipinski definition) is 1. The molecule has 0 atom stereocenters. The van der Waals surface area contributed by atoms with E-state index in [-0.39, 0.29) is 21.7 Å². The van der Waals surface area contributed by atoms with E-state index in [2.05, 4.69) is 26.2 Å². The van der Waals surface area contributed by atoms with Crippen LogP contribution in [0.5, 0.6) is 0 Å². The number of benzene rings is 3. The highest BCUT2D eigenvalue weighted by Crippen LogP contribution is 2.33. The van der Waals surface area contributed by atoms with E-state index < -0.39 is 9.84 Å². The Morgan fingerprint density at radius 2 is 1.70 bits per heavy atom. The molecule has 152 valence electrons. The van der Waals surface area contributed by atoms with Crippen LogP contribution in [0.15, 0.2) is 97.7 Å². The van der Waals surface area contributed by atoms with Gasteiger partial charge in [-0.25, -0.2) is 8.42 Å². The zero-order valence-electron chi connectivity index (χ0n) is 15.5. The van der Waals surface area contributed by atoms with Gasteiger partial charge in [0, 0.05) is 21.6 Å². The second-order valence-electron chi connectivity index (χ2n) is 6.46. The van der Waals surface area contributed by atoms with Crippen LogP contribution in [-0.4, -0.2) is 13.4 Å². The summed E-state index contributed by atoms with van der Waals surface area (Å²) in [6, 6.07) is 22.9. The smallest absolute Gasteiger partial charge is 0.234 e. The lowest BCUT2D eigenvalue weighted by Crippen LogP contribution is -2.07. The summed E-state index contributed by atoms with van der Waals surface area (Å²) in [5.41, 5.74) is 1.56. The number of nitrogens with zero attached hydrogens (tertiary/aromatic N) is 1. The van der Waals surface area contributed by atoms with Crippen LogP contribution in [-0.2, 0) is 16.4 Å². The van der Waals surface area contributed by atoms with Crippen molar-refractivity contribution < 1.29 is 12.8 Å². The van der Waals surface area contributed by atoms with E-state index in [1.807, 2.05) is 30.3 Å². The molecule has 8 heteroatoms. The molecule has 0 saturated heterocycles. The minimum absolute atomic E-state index is 0.0803. The Bertz CT molecular complexity index is 1270. The third-order valence-electron chi connectivity index (χ3n) is 4.34. The standard InChI is InChI=1S/C22H16BrClN2O3S/c23-17-9-11-19(12-10-17)30(27,28)22-21(25-14-15-5-2-1-3-6-15)29-20(26-22)16-7-4-8-18(24)13-16/h1-13,25H,14H2. The third kappa shape index (κ3) is 4.43. The monoisotopic (exact) mass is 502 g/mol. The Balaban J connectivity index is 1.77. The molecule has 0 unspecified atom stereocenters. The zero-order chi connectivity index (χ0) is 21.1. The topological polar surface area (TPSA) is 72.2 Å². The molecule has 0 fully saturated rings. The fraction of sp³-hybridized carbons (Fsp3) is 0.0455. The molecule has 0 aliphatic rings. The van der Waals surface area contributed by atoms with Crippen LogP contribution >= 0.6 is 27.5 Å². The normalized spacial score (nSPS) is 11.4. The first-order valence-electron chi connectivity index (χ1n) is 8.99. The Hall–Kier alpha value is -2.61. The second-order valence-corrected chi connectivity index (χ2v) is 9.68. The highest BCUT2D eigenvalue weighted by molar-refractivity contribution is 9.10. The van der Waals surface area contributed by atoms with Crippen molar-refractivity contribution >= 4 is 43.3 Å². The third-order valence-corrected chi connectivity index (χ3v) is 6.78. The molecule has 0 radical (unpaired) electrons. The van der Waals surface area contributed by atoms with Crippen molar-refractivity contribution in [3.8, 4) is 11.5 Å². The molecular weight excluding hydrogens is 488 g/mol. The van der Waals surface area contributed by atoms with E-state index in [1.165, 1.54) is 12.1 Å². The molecule has 0 spiro atoms. The van der Waals surface area contributed by atoms with E-state index in [9.17, 15) is 8.42 Å². The number of aromatic nitrogens is 1. The summed E-state index contributed by atoms with van der Waals surface area (Å²) in [4.78, 5) is 4.44. The molecule has 4 aromatic rings. The van der Waals surface area contributed by atoms with Gasteiger partial charge in [0.1, 0.15) is 0 Å². The first kappa shape index (κ1) is 20.7. The SMILES string of the molecule is O=S(=O)(c1ccc(Br)cc1)c1nc(-c2cccc(Cl)c2)oc1NCc1ccccc1. The fourth-order valence-corrected chi connectivity index (χ4v) is 4.58.